The number of tetrazole rings is 1. The largest absolute Gasteiger partial charge is 0.493 e. The molecular weight excluding hydrogens is 248 g/mol. The fourth-order valence-corrected chi connectivity index (χ4v) is 1.57. The normalized spacial score (nSPS) is 10.6. The summed E-state index contributed by atoms with van der Waals surface area (Å²) in [7, 11) is 1.55. The van der Waals surface area contributed by atoms with Crippen molar-refractivity contribution in [2.45, 2.75) is 0 Å². The molecule has 0 bridgehead atoms. The van der Waals surface area contributed by atoms with E-state index in [0.717, 1.165) is 0 Å². The van der Waals surface area contributed by atoms with Crippen molar-refractivity contribution in [3.8, 4) is 17.4 Å². The lowest BCUT2D eigenvalue weighted by atomic mass is 10.3. The van der Waals surface area contributed by atoms with Gasteiger partial charge in [-0.05, 0) is 28.6 Å². The minimum atomic E-state index is 0.337. The Kier molecular flexibility index (Phi) is 2.60. The molecule has 3 aromatic rings. The number of fused-ring (bicyclic) bond motifs is 1. The highest BCUT2D eigenvalue weighted by atomic mass is 16.5. The third-order valence-corrected chi connectivity index (χ3v) is 2.45. The van der Waals surface area contributed by atoms with E-state index in [9.17, 15) is 0 Å². The first-order valence-electron chi connectivity index (χ1n) is 5.43. The summed E-state index contributed by atoms with van der Waals surface area (Å²) in [6.45, 7) is 0. The highest BCUT2D eigenvalue weighted by Gasteiger charge is 2.08. The Labute approximate surface area is 107 Å². The average Bonchev–Trinajstić information content (AvgIpc) is 2.86. The van der Waals surface area contributed by atoms with Crippen LogP contribution in [0.2, 0.25) is 0 Å². The molecule has 0 unspecified atom stereocenters. The molecule has 0 aliphatic heterocycles. The van der Waals surface area contributed by atoms with Gasteiger partial charge in [0, 0.05) is 17.8 Å². The number of nitrogens with two attached hydrogens (primary N) is 1. The van der Waals surface area contributed by atoms with E-state index >= 15 is 0 Å². The van der Waals surface area contributed by atoms with Crippen LogP contribution in [0.3, 0.4) is 0 Å². The molecule has 1 aromatic carbocycles. The second-order valence-corrected chi connectivity index (χ2v) is 3.71. The minimum absolute atomic E-state index is 0.337. The summed E-state index contributed by atoms with van der Waals surface area (Å²) in [4.78, 5) is 0. The second-order valence-electron chi connectivity index (χ2n) is 3.71. The molecule has 0 spiro atoms. The molecule has 0 amide bonds. The fourth-order valence-electron chi connectivity index (χ4n) is 1.57. The van der Waals surface area contributed by atoms with Gasteiger partial charge in [-0.2, -0.15) is 0 Å². The van der Waals surface area contributed by atoms with E-state index in [1.807, 2.05) is 0 Å². The molecule has 0 aliphatic carbocycles. The number of hydrogen-bond donors (Lipinski definition) is 1. The molecule has 96 valence electrons. The van der Waals surface area contributed by atoms with Crippen molar-refractivity contribution >= 4 is 11.3 Å². The lowest BCUT2D eigenvalue weighted by Gasteiger charge is -2.09. The molecule has 2 N–H and O–H groups in total. The van der Waals surface area contributed by atoms with E-state index in [0.29, 0.717) is 28.7 Å². The molecule has 2 aromatic heterocycles. The van der Waals surface area contributed by atoms with Crippen molar-refractivity contribution in [1.82, 2.24) is 25.3 Å². The quantitative estimate of drug-likeness (QED) is 0.696. The monoisotopic (exact) mass is 258 g/mol. The SMILES string of the molecule is COc1ccc(N)cc1Oc1ccc2nnnn2n1. The van der Waals surface area contributed by atoms with Crippen LogP contribution in [0.5, 0.6) is 17.4 Å². The van der Waals surface area contributed by atoms with Gasteiger partial charge in [0.2, 0.25) is 5.88 Å². The zero-order valence-electron chi connectivity index (χ0n) is 10.0. The van der Waals surface area contributed by atoms with Gasteiger partial charge in [0.1, 0.15) is 0 Å². The number of nitrogens with zero attached hydrogens (tertiary/aromatic N) is 5. The number of nitrogen functional groups attached to an aromatic ring is 1. The Balaban J connectivity index is 1.97. The Morgan fingerprint density at radius 2 is 2.05 bits per heavy atom. The first-order chi connectivity index (χ1) is 9.26. The molecular formula is C11H10N6O2. The van der Waals surface area contributed by atoms with Crippen molar-refractivity contribution in [2.75, 3.05) is 12.8 Å². The molecule has 8 nitrogen and oxygen atoms in total. The van der Waals surface area contributed by atoms with Crippen LogP contribution in [0, 0.1) is 0 Å². The average molecular weight is 258 g/mol. The molecule has 0 atom stereocenters. The van der Waals surface area contributed by atoms with Crippen molar-refractivity contribution in [3.05, 3.63) is 30.3 Å². The van der Waals surface area contributed by atoms with Gasteiger partial charge in [-0.3, -0.25) is 0 Å². The molecule has 0 radical (unpaired) electrons. The van der Waals surface area contributed by atoms with Gasteiger partial charge in [0.05, 0.1) is 7.11 Å². The zero-order chi connectivity index (χ0) is 13.2. The van der Waals surface area contributed by atoms with Gasteiger partial charge in [0.25, 0.3) is 0 Å². The van der Waals surface area contributed by atoms with E-state index in [4.69, 9.17) is 15.2 Å². The summed E-state index contributed by atoms with van der Waals surface area (Å²) < 4.78 is 12.1. The lowest BCUT2D eigenvalue weighted by Crippen LogP contribution is -1.98. The number of benzene rings is 1. The Morgan fingerprint density at radius 3 is 2.89 bits per heavy atom. The van der Waals surface area contributed by atoms with Gasteiger partial charge in [-0.1, -0.05) is 0 Å². The standard InChI is InChI=1S/C11H10N6O2/c1-18-8-3-2-7(12)6-9(8)19-11-5-4-10-13-15-16-17(10)14-11/h2-6H,12H2,1H3. The van der Waals surface area contributed by atoms with Crippen LogP contribution < -0.4 is 15.2 Å². The Morgan fingerprint density at radius 1 is 1.16 bits per heavy atom. The highest BCUT2D eigenvalue weighted by Crippen LogP contribution is 2.32. The summed E-state index contributed by atoms with van der Waals surface area (Å²) in [6, 6.07) is 8.46. The van der Waals surface area contributed by atoms with E-state index in [1.54, 1.807) is 37.4 Å². The van der Waals surface area contributed by atoms with Gasteiger partial charge >= 0.3 is 0 Å². The van der Waals surface area contributed by atoms with Crippen LogP contribution in [0.15, 0.2) is 30.3 Å². The second kappa shape index (κ2) is 4.41. The van der Waals surface area contributed by atoms with Crippen molar-refractivity contribution in [1.29, 1.82) is 0 Å². The van der Waals surface area contributed by atoms with Crippen LogP contribution in [-0.4, -0.2) is 32.4 Å². The predicted octanol–water partition coefficient (Wildman–Crippen LogP) is 0.902. The van der Waals surface area contributed by atoms with Crippen LogP contribution in [-0.2, 0) is 0 Å². The van der Waals surface area contributed by atoms with Crippen molar-refractivity contribution < 1.29 is 9.47 Å². The molecule has 3 rings (SSSR count). The van der Waals surface area contributed by atoms with E-state index in [1.165, 1.54) is 4.63 Å². The first-order valence-corrected chi connectivity index (χ1v) is 5.43. The number of hydrogen-bond acceptors (Lipinski definition) is 7. The third kappa shape index (κ3) is 2.10. The number of aromatic nitrogens is 5. The van der Waals surface area contributed by atoms with Crippen LogP contribution in [0.4, 0.5) is 5.69 Å². The maximum Gasteiger partial charge on any atom is 0.239 e. The van der Waals surface area contributed by atoms with Gasteiger partial charge < -0.3 is 15.2 Å². The topological polar surface area (TPSA) is 100 Å². The number of anilines is 1. The van der Waals surface area contributed by atoms with E-state index in [2.05, 4.69) is 20.6 Å². The molecule has 0 fully saturated rings. The Bertz CT molecular complexity index is 726. The van der Waals surface area contributed by atoms with Crippen LogP contribution >= 0.6 is 0 Å². The van der Waals surface area contributed by atoms with E-state index < -0.39 is 0 Å². The van der Waals surface area contributed by atoms with Crippen LogP contribution in [0.1, 0.15) is 0 Å². The van der Waals surface area contributed by atoms with Gasteiger partial charge in [-0.15, -0.1) is 14.8 Å². The van der Waals surface area contributed by atoms with Crippen molar-refractivity contribution in [3.63, 3.8) is 0 Å². The summed E-state index contributed by atoms with van der Waals surface area (Å²) in [5.41, 5.74) is 6.82. The number of ether oxygens (including phenoxy) is 2. The van der Waals surface area contributed by atoms with Gasteiger partial charge in [0.15, 0.2) is 17.1 Å². The summed E-state index contributed by atoms with van der Waals surface area (Å²) in [6.07, 6.45) is 0. The third-order valence-electron chi connectivity index (χ3n) is 2.45. The molecule has 19 heavy (non-hydrogen) atoms. The fraction of sp³-hybridized carbons (Fsp3) is 0.0909. The molecule has 0 saturated carbocycles. The smallest absolute Gasteiger partial charge is 0.239 e. The van der Waals surface area contributed by atoms with Gasteiger partial charge in [-0.25, -0.2) is 0 Å². The number of rotatable bonds is 3. The first kappa shape index (κ1) is 11.2. The zero-order valence-corrected chi connectivity index (χ0v) is 10.0. The van der Waals surface area contributed by atoms with E-state index in [-0.39, 0.29) is 0 Å². The lowest BCUT2D eigenvalue weighted by molar-refractivity contribution is 0.371. The molecule has 0 aliphatic rings. The molecule has 8 heteroatoms. The minimum Gasteiger partial charge on any atom is -0.493 e. The summed E-state index contributed by atoms with van der Waals surface area (Å²) in [5.74, 6) is 1.37. The molecule has 2 heterocycles. The molecule has 0 saturated heterocycles. The summed E-state index contributed by atoms with van der Waals surface area (Å²) in [5, 5.41) is 15.0. The maximum absolute atomic E-state index is 5.72. The summed E-state index contributed by atoms with van der Waals surface area (Å²) >= 11 is 0. The Hall–Kier alpha value is -2.90. The van der Waals surface area contributed by atoms with Crippen LogP contribution in [0.25, 0.3) is 5.65 Å². The maximum atomic E-state index is 5.72. The van der Waals surface area contributed by atoms with Crippen molar-refractivity contribution in [2.24, 2.45) is 0 Å². The highest BCUT2D eigenvalue weighted by molar-refractivity contribution is 5.53. The number of methoxy groups -OCH3 is 1. The predicted molar refractivity (Wildman–Crippen MR) is 66.1 cm³/mol.